The Labute approximate surface area is 91.0 Å². The Bertz CT molecular complexity index is 406. The van der Waals surface area contributed by atoms with Gasteiger partial charge in [0.25, 0.3) is 0 Å². The van der Waals surface area contributed by atoms with Gasteiger partial charge in [-0.25, -0.2) is 4.79 Å². The van der Waals surface area contributed by atoms with Gasteiger partial charge in [0.05, 0.1) is 5.97 Å². The van der Waals surface area contributed by atoms with E-state index in [0.29, 0.717) is 5.69 Å². The van der Waals surface area contributed by atoms with Crippen LogP contribution in [-0.4, -0.2) is 19.0 Å². The SMILES string of the molecule is CNC(=O)Nc1ccc(Cl)c(C(=O)[O-])c1. The molecular weight excluding hydrogens is 220 g/mol. The van der Waals surface area contributed by atoms with Crippen LogP contribution in [0.15, 0.2) is 18.2 Å². The van der Waals surface area contributed by atoms with Crippen molar-refractivity contribution in [1.29, 1.82) is 0 Å². The number of hydrogen-bond donors (Lipinski definition) is 2. The smallest absolute Gasteiger partial charge is 0.318 e. The van der Waals surface area contributed by atoms with Gasteiger partial charge < -0.3 is 20.5 Å². The molecule has 15 heavy (non-hydrogen) atoms. The standard InChI is InChI=1S/C9H9ClN2O3/c1-11-9(15)12-5-2-3-7(10)6(4-5)8(13)14/h2-4H,1H3,(H,13,14)(H2,11,12,15)/p-1. The molecule has 0 aliphatic rings. The molecule has 1 rings (SSSR count). The number of nitrogens with one attached hydrogen (secondary N) is 2. The lowest BCUT2D eigenvalue weighted by atomic mass is 10.2. The summed E-state index contributed by atoms with van der Waals surface area (Å²) in [7, 11) is 1.45. The summed E-state index contributed by atoms with van der Waals surface area (Å²) < 4.78 is 0. The van der Waals surface area contributed by atoms with E-state index < -0.39 is 12.0 Å². The van der Waals surface area contributed by atoms with Crippen molar-refractivity contribution in [3.63, 3.8) is 0 Å². The Kier molecular flexibility index (Phi) is 3.51. The van der Waals surface area contributed by atoms with Crippen molar-refractivity contribution in [3.8, 4) is 0 Å². The third kappa shape index (κ3) is 2.85. The molecule has 0 atom stereocenters. The predicted octanol–water partition coefficient (Wildman–Crippen LogP) is 0.455. The van der Waals surface area contributed by atoms with Crippen molar-refractivity contribution in [3.05, 3.63) is 28.8 Å². The van der Waals surface area contributed by atoms with Crippen molar-refractivity contribution in [2.24, 2.45) is 0 Å². The number of amides is 2. The van der Waals surface area contributed by atoms with E-state index in [1.807, 2.05) is 0 Å². The Morgan fingerprint density at radius 2 is 2.07 bits per heavy atom. The van der Waals surface area contributed by atoms with Gasteiger partial charge in [-0.3, -0.25) is 0 Å². The van der Waals surface area contributed by atoms with Crippen LogP contribution in [0.2, 0.25) is 5.02 Å². The molecule has 0 aromatic heterocycles. The number of anilines is 1. The number of carboxylic acids is 1. The normalized spacial score (nSPS) is 9.47. The fourth-order valence-electron chi connectivity index (χ4n) is 0.953. The van der Waals surface area contributed by atoms with Crippen molar-refractivity contribution < 1.29 is 14.7 Å². The highest BCUT2D eigenvalue weighted by atomic mass is 35.5. The lowest BCUT2D eigenvalue weighted by Crippen LogP contribution is -2.25. The largest absolute Gasteiger partial charge is 0.545 e. The average Bonchev–Trinajstić information content (AvgIpc) is 2.20. The topological polar surface area (TPSA) is 81.3 Å². The summed E-state index contributed by atoms with van der Waals surface area (Å²) in [5.41, 5.74) is 0.170. The lowest BCUT2D eigenvalue weighted by Gasteiger charge is -2.09. The van der Waals surface area contributed by atoms with Crippen LogP contribution in [0.3, 0.4) is 0 Å². The van der Waals surface area contributed by atoms with Crippen molar-refractivity contribution in [1.82, 2.24) is 5.32 Å². The number of rotatable bonds is 2. The first-order chi connectivity index (χ1) is 7.04. The number of aromatic carboxylic acids is 1. The molecule has 0 saturated heterocycles. The molecule has 5 nitrogen and oxygen atoms in total. The molecular formula is C9H8ClN2O3-. The van der Waals surface area contributed by atoms with Crippen molar-refractivity contribution in [2.75, 3.05) is 12.4 Å². The molecule has 0 aliphatic heterocycles. The average molecular weight is 228 g/mol. The summed E-state index contributed by atoms with van der Waals surface area (Å²) in [6.45, 7) is 0. The fourth-order valence-corrected chi connectivity index (χ4v) is 1.15. The van der Waals surface area contributed by atoms with Gasteiger partial charge in [-0.15, -0.1) is 0 Å². The predicted molar refractivity (Wildman–Crippen MR) is 53.9 cm³/mol. The van der Waals surface area contributed by atoms with E-state index in [-0.39, 0.29) is 10.6 Å². The minimum atomic E-state index is -1.39. The number of benzene rings is 1. The van der Waals surface area contributed by atoms with Crippen molar-refractivity contribution >= 4 is 29.3 Å². The number of urea groups is 1. The summed E-state index contributed by atoms with van der Waals surface area (Å²) >= 11 is 5.61. The van der Waals surface area contributed by atoms with Gasteiger partial charge >= 0.3 is 6.03 Å². The van der Waals surface area contributed by atoms with Crippen LogP contribution in [0.1, 0.15) is 10.4 Å². The van der Waals surface area contributed by atoms with Crippen molar-refractivity contribution in [2.45, 2.75) is 0 Å². The fraction of sp³-hybridized carbons (Fsp3) is 0.111. The third-order valence-electron chi connectivity index (χ3n) is 1.67. The van der Waals surface area contributed by atoms with E-state index in [2.05, 4.69) is 10.6 Å². The first kappa shape index (κ1) is 11.3. The van der Waals surface area contributed by atoms with E-state index >= 15 is 0 Å². The maximum atomic E-state index is 10.9. The van der Waals surface area contributed by atoms with Gasteiger partial charge in [0.15, 0.2) is 0 Å². The zero-order valence-corrected chi connectivity index (χ0v) is 8.59. The van der Waals surface area contributed by atoms with Gasteiger partial charge in [-0.05, 0) is 18.2 Å². The Hall–Kier alpha value is -1.75. The Morgan fingerprint density at radius 1 is 1.40 bits per heavy atom. The first-order valence-electron chi connectivity index (χ1n) is 4.04. The Morgan fingerprint density at radius 3 is 2.60 bits per heavy atom. The van der Waals surface area contributed by atoms with Crippen LogP contribution in [-0.2, 0) is 0 Å². The molecule has 0 fully saturated rings. The highest BCUT2D eigenvalue weighted by Crippen LogP contribution is 2.19. The molecule has 0 unspecified atom stereocenters. The number of carboxylic acid groups (broad SMARTS) is 1. The molecule has 6 heteroatoms. The number of carbonyl (C=O) groups excluding carboxylic acids is 2. The van der Waals surface area contributed by atoms with E-state index in [4.69, 9.17) is 11.6 Å². The second-order valence-electron chi connectivity index (χ2n) is 2.69. The number of hydrogen-bond acceptors (Lipinski definition) is 3. The summed E-state index contributed by atoms with van der Waals surface area (Å²) in [6, 6.07) is 3.65. The second kappa shape index (κ2) is 4.65. The highest BCUT2D eigenvalue weighted by Gasteiger charge is 2.04. The van der Waals surface area contributed by atoms with Crippen LogP contribution in [0.4, 0.5) is 10.5 Å². The van der Waals surface area contributed by atoms with E-state index in [1.165, 1.54) is 25.2 Å². The van der Waals surface area contributed by atoms with Gasteiger partial charge in [-0.2, -0.15) is 0 Å². The number of carbonyl (C=O) groups is 2. The van der Waals surface area contributed by atoms with Gasteiger partial charge in [0, 0.05) is 23.3 Å². The van der Waals surface area contributed by atoms with Crippen LogP contribution < -0.4 is 15.7 Å². The minimum absolute atomic E-state index is 0.0671. The summed E-state index contributed by atoms with van der Waals surface area (Å²) in [5.74, 6) is -1.39. The second-order valence-corrected chi connectivity index (χ2v) is 3.09. The molecule has 2 N–H and O–H groups in total. The van der Waals surface area contributed by atoms with Gasteiger partial charge in [0.1, 0.15) is 0 Å². The van der Waals surface area contributed by atoms with Gasteiger partial charge in [0.2, 0.25) is 0 Å². The zero-order valence-electron chi connectivity index (χ0n) is 7.83. The zero-order chi connectivity index (χ0) is 11.4. The molecule has 1 aromatic rings. The molecule has 2 amide bonds. The molecule has 0 radical (unpaired) electrons. The first-order valence-corrected chi connectivity index (χ1v) is 4.42. The van der Waals surface area contributed by atoms with Crippen LogP contribution >= 0.6 is 11.6 Å². The highest BCUT2D eigenvalue weighted by molar-refractivity contribution is 6.33. The lowest BCUT2D eigenvalue weighted by molar-refractivity contribution is -0.255. The van der Waals surface area contributed by atoms with Gasteiger partial charge in [-0.1, -0.05) is 11.6 Å². The Balaban J connectivity index is 2.97. The molecule has 0 aliphatic carbocycles. The number of halogens is 1. The van der Waals surface area contributed by atoms with Crippen LogP contribution in [0.25, 0.3) is 0 Å². The minimum Gasteiger partial charge on any atom is -0.545 e. The quantitative estimate of drug-likeness (QED) is 0.770. The van der Waals surface area contributed by atoms with E-state index in [9.17, 15) is 14.7 Å². The molecule has 0 bridgehead atoms. The maximum Gasteiger partial charge on any atom is 0.318 e. The molecule has 80 valence electrons. The third-order valence-corrected chi connectivity index (χ3v) is 2.00. The molecule has 0 spiro atoms. The summed E-state index contributed by atoms with van der Waals surface area (Å²) in [5, 5.41) is 15.4. The van der Waals surface area contributed by atoms with E-state index in [1.54, 1.807) is 0 Å². The summed E-state index contributed by atoms with van der Waals surface area (Å²) in [4.78, 5) is 21.5. The molecule has 0 heterocycles. The molecule has 1 aromatic carbocycles. The molecule has 0 saturated carbocycles. The maximum absolute atomic E-state index is 10.9. The van der Waals surface area contributed by atoms with Crippen LogP contribution in [0, 0.1) is 0 Å². The van der Waals surface area contributed by atoms with Crippen LogP contribution in [0.5, 0.6) is 0 Å². The van der Waals surface area contributed by atoms with E-state index in [0.717, 1.165) is 0 Å². The summed E-state index contributed by atoms with van der Waals surface area (Å²) in [6.07, 6.45) is 0. The monoisotopic (exact) mass is 227 g/mol.